The van der Waals surface area contributed by atoms with E-state index in [9.17, 15) is 9.90 Å². The van der Waals surface area contributed by atoms with Crippen LogP contribution in [0.25, 0.3) is 10.8 Å². The maximum absolute atomic E-state index is 15.9. The molecule has 10 heteroatoms. The number of carbonyl (C=O) groups is 1. The predicted molar refractivity (Wildman–Crippen MR) is 130 cm³/mol. The lowest BCUT2D eigenvalue weighted by atomic mass is 9.79. The minimum absolute atomic E-state index is 0.0564. The van der Waals surface area contributed by atoms with E-state index in [0.717, 1.165) is 19.3 Å². The Balaban J connectivity index is 1.40. The van der Waals surface area contributed by atoms with Crippen LogP contribution in [0.3, 0.4) is 0 Å². The molecule has 3 fully saturated rings. The van der Waals surface area contributed by atoms with Gasteiger partial charge in [-0.3, -0.25) is 4.79 Å². The largest absolute Gasteiger partial charge is 0.506 e. The maximum Gasteiger partial charge on any atom is 0.277 e. The molecule has 3 unspecified atom stereocenters. The van der Waals surface area contributed by atoms with E-state index in [2.05, 4.69) is 0 Å². The van der Waals surface area contributed by atoms with Crippen LogP contribution in [0.5, 0.6) is 17.2 Å². The van der Waals surface area contributed by atoms with Gasteiger partial charge in [0.15, 0.2) is 11.9 Å². The number of rotatable bonds is 8. The number of halogens is 1. The van der Waals surface area contributed by atoms with Crippen LogP contribution in [0, 0.1) is 5.82 Å². The van der Waals surface area contributed by atoms with Crippen molar-refractivity contribution in [3.63, 3.8) is 0 Å². The molecular weight excluding hydrogens is 499 g/mol. The topological polar surface area (TPSA) is 116 Å². The van der Waals surface area contributed by atoms with Gasteiger partial charge in [0.2, 0.25) is 11.4 Å². The highest BCUT2D eigenvalue weighted by Gasteiger charge is 2.90. The average Bonchev–Trinajstić information content (AvgIpc) is 3.59. The number of aliphatic hydroxyl groups excluding tert-OH is 1. The van der Waals surface area contributed by atoms with Crippen LogP contribution >= 0.6 is 0 Å². The first-order valence-corrected chi connectivity index (χ1v) is 13.4. The fraction of sp³-hybridized carbons (Fsp3) is 0.607. The highest BCUT2D eigenvalue weighted by atomic mass is 19.1. The molecule has 2 aromatic carbocycles. The van der Waals surface area contributed by atoms with Gasteiger partial charge in [-0.2, -0.15) is 0 Å². The van der Waals surface area contributed by atoms with Crippen molar-refractivity contribution in [3.8, 4) is 17.2 Å². The Morgan fingerprint density at radius 2 is 1.97 bits per heavy atom. The first-order chi connectivity index (χ1) is 18.3. The number of carbonyl (C=O) groups excluding carboxylic acids is 1. The number of hydrogen-bond donors (Lipinski definition) is 2. The summed E-state index contributed by atoms with van der Waals surface area (Å²) in [6.45, 7) is 2.49. The van der Waals surface area contributed by atoms with Gasteiger partial charge in [-0.15, -0.1) is 0 Å². The van der Waals surface area contributed by atoms with Gasteiger partial charge < -0.3 is 38.6 Å². The van der Waals surface area contributed by atoms with Crippen LogP contribution in [0.1, 0.15) is 73.0 Å². The molecule has 9 nitrogen and oxygen atoms in total. The van der Waals surface area contributed by atoms with E-state index in [1.807, 2.05) is 0 Å². The highest BCUT2D eigenvalue weighted by molar-refractivity contribution is 6.11. The molecule has 2 N–H and O–H groups in total. The van der Waals surface area contributed by atoms with Gasteiger partial charge in [0.1, 0.15) is 29.2 Å². The Labute approximate surface area is 218 Å². The molecule has 1 spiro atoms. The quantitative estimate of drug-likeness (QED) is 0.388. The number of benzene rings is 2. The zero-order chi connectivity index (χ0) is 26.4. The summed E-state index contributed by atoms with van der Waals surface area (Å²) in [5, 5.41) is 21.1. The first kappa shape index (κ1) is 24.5. The summed E-state index contributed by atoms with van der Waals surface area (Å²) >= 11 is 0. The van der Waals surface area contributed by atoms with E-state index in [4.69, 9.17) is 33.5 Å². The number of ether oxygens (including phenoxy) is 6. The Morgan fingerprint density at radius 3 is 2.71 bits per heavy atom. The molecule has 5 atom stereocenters. The Hall–Kier alpha value is -2.50. The molecule has 7 rings (SSSR count). The van der Waals surface area contributed by atoms with Gasteiger partial charge in [0.25, 0.3) is 5.79 Å². The summed E-state index contributed by atoms with van der Waals surface area (Å²) in [5.41, 5.74) is -0.177. The maximum atomic E-state index is 15.9. The van der Waals surface area contributed by atoms with Crippen molar-refractivity contribution < 1.29 is 47.8 Å². The number of epoxide rings is 1. The molecular formula is C28H31FO9. The predicted octanol–water partition coefficient (Wildman–Crippen LogP) is 3.83. The summed E-state index contributed by atoms with van der Waals surface area (Å²) in [4.78, 5) is 12.9. The normalized spacial score (nSPS) is 33.9. The molecule has 0 radical (unpaired) electrons. The van der Waals surface area contributed by atoms with Crippen molar-refractivity contribution in [2.45, 2.75) is 81.3 Å². The van der Waals surface area contributed by atoms with Gasteiger partial charge >= 0.3 is 0 Å². The minimum atomic E-state index is -1.44. The van der Waals surface area contributed by atoms with Crippen LogP contribution in [0.2, 0.25) is 0 Å². The highest BCUT2D eigenvalue weighted by Crippen LogP contribution is 2.70. The fourth-order valence-electron chi connectivity index (χ4n) is 7.00. The van der Waals surface area contributed by atoms with Gasteiger partial charge in [-0.05, 0) is 38.7 Å². The molecule has 0 aromatic heterocycles. The minimum Gasteiger partial charge on any atom is -0.506 e. The number of phenolic OH excluding ortho intramolecular Hbond substituents is 1. The Kier molecular flexibility index (Phi) is 5.33. The number of hydrogen-bond acceptors (Lipinski definition) is 9. The molecule has 4 aliphatic heterocycles. The summed E-state index contributed by atoms with van der Waals surface area (Å²) in [5.74, 6) is -3.25. The summed E-state index contributed by atoms with van der Waals surface area (Å²) in [6, 6.07) is 1.31. The second-order valence-electron chi connectivity index (χ2n) is 10.9. The number of methoxy groups -OCH3 is 1. The lowest BCUT2D eigenvalue weighted by Crippen LogP contribution is -2.67. The summed E-state index contributed by atoms with van der Waals surface area (Å²) in [7, 11) is 1.47. The number of aliphatic hydroxyl groups is 1. The molecule has 4 heterocycles. The molecule has 2 aromatic rings. The third-order valence-electron chi connectivity index (χ3n) is 8.87. The SMILES string of the molecule is COc1c2c(c(O)c3c4c(c(F)cc13)C1OC3(C)OC1[C@@](OCCCCCCO)(O4)[C@@]31CO1)C(=O)CCC2. The third kappa shape index (κ3) is 2.90. The molecule has 38 heavy (non-hydrogen) atoms. The van der Waals surface area contributed by atoms with Crippen LogP contribution in [0.4, 0.5) is 4.39 Å². The van der Waals surface area contributed by atoms with Crippen molar-refractivity contribution in [1.29, 1.82) is 0 Å². The molecule has 3 saturated heterocycles. The number of Topliss-reactive ketones (excluding diaryl/α,β-unsaturated/α-hetero) is 1. The lowest BCUT2D eigenvalue weighted by Gasteiger charge is -2.48. The van der Waals surface area contributed by atoms with E-state index >= 15 is 4.39 Å². The molecule has 2 bridgehead atoms. The van der Waals surface area contributed by atoms with Crippen LogP contribution < -0.4 is 9.47 Å². The van der Waals surface area contributed by atoms with E-state index in [0.29, 0.717) is 49.0 Å². The van der Waals surface area contributed by atoms with Crippen molar-refractivity contribution in [2.75, 3.05) is 26.9 Å². The zero-order valence-electron chi connectivity index (χ0n) is 21.4. The first-order valence-electron chi connectivity index (χ1n) is 13.4. The average molecular weight is 531 g/mol. The lowest BCUT2D eigenvalue weighted by molar-refractivity contribution is -0.294. The molecule has 0 saturated carbocycles. The number of ketones is 1. The molecule has 5 aliphatic rings. The Morgan fingerprint density at radius 1 is 1.18 bits per heavy atom. The standard InChI is InChI=1S/C28H31FO9/c1-26-27(13-35-27)28(34-11-6-4-3-5-10-30)25(38-26)24(36-26)20-16(29)12-15-19(23(20)37-28)21(32)18-14(22(15)33-2)8-7-9-17(18)31/h12,24-25,30,32H,3-11,13H2,1-2H3/t24?,25?,26?,27-,28-/m1/s1. The van der Waals surface area contributed by atoms with Crippen LogP contribution in [0.15, 0.2) is 6.07 Å². The second-order valence-corrected chi connectivity index (χ2v) is 10.9. The summed E-state index contributed by atoms with van der Waals surface area (Å²) < 4.78 is 53.3. The number of aromatic hydroxyl groups is 1. The number of unbranched alkanes of at least 4 members (excludes halogenated alkanes) is 3. The van der Waals surface area contributed by atoms with E-state index in [1.165, 1.54) is 13.2 Å². The smallest absolute Gasteiger partial charge is 0.277 e. The zero-order valence-corrected chi connectivity index (χ0v) is 21.4. The van der Waals surface area contributed by atoms with Crippen molar-refractivity contribution >= 4 is 16.6 Å². The molecule has 204 valence electrons. The van der Waals surface area contributed by atoms with Crippen molar-refractivity contribution in [3.05, 3.63) is 28.6 Å². The van der Waals surface area contributed by atoms with Crippen molar-refractivity contribution in [2.24, 2.45) is 0 Å². The van der Waals surface area contributed by atoms with Crippen LogP contribution in [-0.2, 0) is 25.4 Å². The van der Waals surface area contributed by atoms with Gasteiger partial charge in [0.05, 0.1) is 36.8 Å². The third-order valence-corrected chi connectivity index (χ3v) is 8.87. The van der Waals surface area contributed by atoms with Gasteiger partial charge in [0, 0.05) is 24.0 Å². The molecule has 0 amide bonds. The van der Waals surface area contributed by atoms with Crippen molar-refractivity contribution in [1.82, 2.24) is 0 Å². The van der Waals surface area contributed by atoms with Gasteiger partial charge in [-0.1, -0.05) is 12.8 Å². The van der Waals surface area contributed by atoms with E-state index in [-0.39, 0.29) is 47.0 Å². The van der Waals surface area contributed by atoms with Crippen LogP contribution in [-0.4, -0.2) is 66.2 Å². The van der Waals surface area contributed by atoms with E-state index in [1.54, 1.807) is 6.92 Å². The number of fused-ring (bicyclic) bond motifs is 8. The number of phenols is 1. The monoisotopic (exact) mass is 530 g/mol. The fourth-order valence-corrected chi connectivity index (χ4v) is 7.00. The summed E-state index contributed by atoms with van der Waals surface area (Å²) in [6.07, 6.45) is 2.96. The van der Waals surface area contributed by atoms with Gasteiger partial charge in [-0.25, -0.2) is 4.39 Å². The Bertz CT molecular complexity index is 1350. The second kappa shape index (κ2) is 8.25. The van der Waals surface area contributed by atoms with E-state index < -0.39 is 35.2 Å². The molecule has 1 aliphatic carbocycles.